The normalized spacial score (nSPS) is 15.7. The molecule has 2 aromatic rings. The van der Waals surface area contributed by atoms with Crippen molar-refractivity contribution in [3.05, 3.63) is 47.4 Å². The average molecular weight is 354 g/mol. The molecule has 1 aliphatic heterocycles. The van der Waals surface area contributed by atoms with Gasteiger partial charge in [0.2, 0.25) is 0 Å². The first-order chi connectivity index (χ1) is 12.5. The highest BCUT2D eigenvalue weighted by atomic mass is 16.5. The quantitative estimate of drug-likeness (QED) is 0.844. The Balaban J connectivity index is 1.59. The van der Waals surface area contributed by atoms with Crippen molar-refractivity contribution in [2.24, 2.45) is 0 Å². The van der Waals surface area contributed by atoms with Gasteiger partial charge in [0, 0.05) is 32.4 Å². The highest BCUT2D eigenvalue weighted by Gasteiger charge is 2.27. The molecule has 0 saturated carbocycles. The Morgan fingerprint density at radius 1 is 1.12 bits per heavy atom. The highest BCUT2D eigenvalue weighted by Crippen LogP contribution is 2.20. The van der Waals surface area contributed by atoms with Gasteiger partial charge in [-0.05, 0) is 39.3 Å². The molecule has 0 N–H and O–H groups in total. The lowest BCUT2D eigenvalue weighted by Crippen LogP contribution is -2.52. The van der Waals surface area contributed by atoms with Crippen molar-refractivity contribution in [1.29, 1.82) is 0 Å². The van der Waals surface area contributed by atoms with E-state index in [4.69, 9.17) is 4.74 Å². The standard InChI is InChI=1S/C20H26N4O2/c1-14-7-5-6-8-18(14)26-17(4)20(25)24-11-9-23(10-12-24)19-16(3)21-13-15(2)22-19/h5-8,13,17H,9-12H2,1-4H3. The van der Waals surface area contributed by atoms with E-state index in [9.17, 15) is 4.79 Å². The van der Waals surface area contributed by atoms with Crippen molar-refractivity contribution in [3.8, 4) is 5.75 Å². The summed E-state index contributed by atoms with van der Waals surface area (Å²) in [4.78, 5) is 25.8. The van der Waals surface area contributed by atoms with Crippen molar-refractivity contribution in [2.45, 2.75) is 33.8 Å². The number of ether oxygens (including phenoxy) is 1. The van der Waals surface area contributed by atoms with E-state index < -0.39 is 6.10 Å². The van der Waals surface area contributed by atoms with Crippen LogP contribution in [0, 0.1) is 20.8 Å². The summed E-state index contributed by atoms with van der Waals surface area (Å²) in [5.41, 5.74) is 2.86. The molecule has 0 bridgehead atoms. The van der Waals surface area contributed by atoms with Gasteiger partial charge in [0.1, 0.15) is 11.6 Å². The maximum absolute atomic E-state index is 12.7. The molecule has 1 aliphatic rings. The summed E-state index contributed by atoms with van der Waals surface area (Å²) in [6, 6.07) is 7.76. The largest absolute Gasteiger partial charge is 0.481 e. The molecule has 6 nitrogen and oxygen atoms in total. The molecular formula is C20H26N4O2. The number of aryl methyl sites for hydroxylation is 3. The first kappa shape index (κ1) is 18.2. The molecule has 1 saturated heterocycles. The zero-order chi connectivity index (χ0) is 18.7. The fraction of sp³-hybridized carbons (Fsp3) is 0.450. The van der Waals surface area contributed by atoms with Gasteiger partial charge in [0.25, 0.3) is 5.91 Å². The summed E-state index contributed by atoms with van der Waals surface area (Å²) in [6.07, 6.45) is 1.28. The van der Waals surface area contributed by atoms with E-state index >= 15 is 0 Å². The van der Waals surface area contributed by atoms with Crippen LogP contribution in [0.2, 0.25) is 0 Å². The fourth-order valence-corrected chi connectivity index (χ4v) is 3.15. The monoisotopic (exact) mass is 354 g/mol. The lowest BCUT2D eigenvalue weighted by atomic mass is 10.2. The number of anilines is 1. The molecule has 1 aromatic carbocycles. The molecule has 0 radical (unpaired) electrons. The lowest BCUT2D eigenvalue weighted by Gasteiger charge is -2.36. The summed E-state index contributed by atoms with van der Waals surface area (Å²) in [5.74, 6) is 1.71. The molecule has 138 valence electrons. The Bertz CT molecular complexity index is 785. The molecular weight excluding hydrogens is 328 g/mol. The van der Waals surface area contributed by atoms with Gasteiger partial charge >= 0.3 is 0 Å². The number of hydrogen-bond acceptors (Lipinski definition) is 5. The zero-order valence-corrected chi connectivity index (χ0v) is 15.9. The van der Waals surface area contributed by atoms with Gasteiger partial charge in [-0.1, -0.05) is 18.2 Å². The number of benzene rings is 1. The van der Waals surface area contributed by atoms with E-state index in [1.807, 2.05) is 56.9 Å². The van der Waals surface area contributed by atoms with Gasteiger partial charge in [-0.2, -0.15) is 0 Å². The van der Waals surface area contributed by atoms with Gasteiger partial charge in [0.15, 0.2) is 6.10 Å². The van der Waals surface area contributed by atoms with E-state index in [1.54, 1.807) is 6.20 Å². The molecule has 26 heavy (non-hydrogen) atoms. The summed E-state index contributed by atoms with van der Waals surface area (Å²) >= 11 is 0. The van der Waals surface area contributed by atoms with Crippen LogP contribution in [0.4, 0.5) is 5.82 Å². The smallest absolute Gasteiger partial charge is 0.263 e. The summed E-state index contributed by atoms with van der Waals surface area (Å²) in [5, 5.41) is 0. The predicted octanol–water partition coefficient (Wildman–Crippen LogP) is 2.52. The maximum atomic E-state index is 12.7. The number of rotatable bonds is 4. The van der Waals surface area contributed by atoms with Crippen molar-refractivity contribution < 1.29 is 9.53 Å². The number of carbonyl (C=O) groups is 1. The number of piperazine rings is 1. The fourth-order valence-electron chi connectivity index (χ4n) is 3.15. The van der Waals surface area contributed by atoms with Crippen molar-refractivity contribution in [3.63, 3.8) is 0 Å². The van der Waals surface area contributed by atoms with Crippen LogP contribution in [0.3, 0.4) is 0 Å². The molecule has 2 heterocycles. The van der Waals surface area contributed by atoms with Gasteiger partial charge in [-0.15, -0.1) is 0 Å². The van der Waals surface area contributed by atoms with Gasteiger partial charge in [0.05, 0.1) is 11.4 Å². The second-order valence-electron chi connectivity index (χ2n) is 6.76. The van der Waals surface area contributed by atoms with Crippen LogP contribution < -0.4 is 9.64 Å². The Morgan fingerprint density at radius 3 is 2.50 bits per heavy atom. The van der Waals surface area contributed by atoms with Crippen molar-refractivity contribution in [1.82, 2.24) is 14.9 Å². The maximum Gasteiger partial charge on any atom is 0.263 e. The molecule has 1 atom stereocenters. The molecule has 6 heteroatoms. The third-order valence-corrected chi connectivity index (χ3v) is 4.69. The number of nitrogens with zero attached hydrogens (tertiary/aromatic N) is 4. The second-order valence-corrected chi connectivity index (χ2v) is 6.76. The Labute approximate surface area is 154 Å². The van der Waals surface area contributed by atoms with Crippen LogP contribution in [0.5, 0.6) is 5.75 Å². The topological polar surface area (TPSA) is 58.6 Å². The molecule has 0 spiro atoms. The molecule has 1 amide bonds. The Hall–Kier alpha value is -2.63. The van der Waals surface area contributed by atoms with E-state index in [2.05, 4.69) is 14.9 Å². The van der Waals surface area contributed by atoms with Gasteiger partial charge < -0.3 is 14.5 Å². The minimum absolute atomic E-state index is 0.0277. The number of hydrogen-bond donors (Lipinski definition) is 0. The first-order valence-corrected chi connectivity index (χ1v) is 9.02. The van der Waals surface area contributed by atoms with Crippen LogP contribution >= 0.6 is 0 Å². The number of amides is 1. The van der Waals surface area contributed by atoms with Gasteiger partial charge in [-0.3, -0.25) is 9.78 Å². The molecule has 0 aliphatic carbocycles. The van der Waals surface area contributed by atoms with E-state index in [-0.39, 0.29) is 5.91 Å². The Morgan fingerprint density at radius 2 is 1.81 bits per heavy atom. The summed E-state index contributed by atoms with van der Waals surface area (Å²) in [7, 11) is 0. The minimum Gasteiger partial charge on any atom is -0.481 e. The third kappa shape index (κ3) is 3.95. The zero-order valence-electron chi connectivity index (χ0n) is 15.9. The van der Waals surface area contributed by atoms with Crippen molar-refractivity contribution in [2.75, 3.05) is 31.1 Å². The van der Waals surface area contributed by atoms with E-state index in [0.29, 0.717) is 13.1 Å². The van der Waals surface area contributed by atoms with E-state index in [0.717, 1.165) is 41.6 Å². The van der Waals surface area contributed by atoms with Crippen LogP contribution in [-0.2, 0) is 4.79 Å². The summed E-state index contributed by atoms with van der Waals surface area (Å²) < 4.78 is 5.88. The lowest BCUT2D eigenvalue weighted by molar-refractivity contribution is -0.138. The number of carbonyl (C=O) groups excluding carboxylic acids is 1. The number of para-hydroxylation sites is 1. The Kier molecular flexibility index (Phi) is 5.40. The number of aromatic nitrogens is 2. The van der Waals surface area contributed by atoms with Crippen LogP contribution in [-0.4, -0.2) is 53.1 Å². The van der Waals surface area contributed by atoms with Crippen LogP contribution in [0.25, 0.3) is 0 Å². The van der Waals surface area contributed by atoms with Crippen LogP contribution in [0.15, 0.2) is 30.5 Å². The molecule has 1 fully saturated rings. The minimum atomic E-state index is -0.497. The van der Waals surface area contributed by atoms with Crippen molar-refractivity contribution >= 4 is 11.7 Å². The van der Waals surface area contributed by atoms with E-state index in [1.165, 1.54) is 0 Å². The molecule has 1 aromatic heterocycles. The first-order valence-electron chi connectivity index (χ1n) is 9.02. The van der Waals surface area contributed by atoms with Gasteiger partial charge in [-0.25, -0.2) is 4.98 Å². The molecule has 3 rings (SSSR count). The van der Waals surface area contributed by atoms with Crippen LogP contribution in [0.1, 0.15) is 23.9 Å². The second kappa shape index (κ2) is 7.72. The predicted molar refractivity (Wildman–Crippen MR) is 102 cm³/mol. The highest BCUT2D eigenvalue weighted by molar-refractivity contribution is 5.81. The SMILES string of the molecule is Cc1cnc(C)c(N2CCN(C(=O)C(C)Oc3ccccc3C)CC2)n1. The molecule has 1 unspecified atom stereocenters. The summed E-state index contributed by atoms with van der Waals surface area (Å²) in [6.45, 7) is 10.5. The average Bonchev–Trinajstić information content (AvgIpc) is 2.65. The third-order valence-electron chi connectivity index (χ3n) is 4.69.